The molecular weight excluding hydrogens is 323 g/mol. The molecule has 3 rings (SSSR count). The number of aromatic amines is 1. The van der Waals surface area contributed by atoms with Crippen LogP contribution in [0.15, 0.2) is 30.5 Å². The quantitative estimate of drug-likeness (QED) is 0.772. The van der Waals surface area contributed by atoms with Crippen LogP contribution in [0.4, 0.5) is 13.2 Å². The zero-order valence-electron chi connectivity index (χ0n) is 12.8. The number of alkyl halides is 3. The summed E-state index contributed by atoms with van der Waals surface area (Å²) in [6.07, 6.45) is -3.65. The number of fused-ring (bicyclic) bond motifs is 1. The lowest BCUT2D eigenvalue weighted by Gasteiger charge is -2.12. The fourth-order valence-electron chi connectivity index (χ4n) is 2.38. The minimum Gasteiger partial charge on any atom is -0.342 e. The summed E-state index contributed by atoms with van der Waals surface area (Å²) in [5.41, 5.74) is -0.232. The highest BCUT2D eigenvalue weighted by Gasteiger charge is 2.39. The molecule has 6 nitrogen and oxygen atoms in total. The Labute approximate surface area is 134 Å². The van der Waals surface area contributed by atoms with Gasteiger partial charge >= 0.3 is 6.18 Å². The molecule has 2 heterocycles. The molecule has 0 saturated carbocycles. The number of nitrogens with one attached hydrogen (secondary N) is 2. The van der Waals surface area contributed by atoms with E-state index in [9.17, 15) is 18.0 Å². The molecule has 3 aromatic rings. The van der Waals surface area contributed by atoms with Crippen LogP contribution in [0.5, 0.6) is 0 Å². The Bertz CT molecular complexity index is 863. The number of imidazole rings is 1. The zero-order chi connectivity index (χ0) is 17.5. The minimum atomic E-state index is -4.70. The molecule has 0 aliphatic rings. The number of rotatable bonds is 3. The van der Waals surface area contributed by atoms with Crippen molar-refractivity contribution in [1.82, 2.24) is 25.1 Å². The Morgan fingerprint density at radius 2 is 2.04 bits per heavy atom. The number of hydrogen-bond donors (Lipinski definition) is 2. The lowest BCUT2D eigenvalue weighted by Crippen LogP contribution is -2.29. The first kappa shape index (κ1) is 16.0. The number of carbonyl (C=O) groups excluding carboxylic acids is 1. The fourth-order valence-corrected chi connectivity index (χ4v) is 2.38. The molecular formula is C15H14F3N5O. The van der Waals surface area contributed by atoms with E-state index < -0.39 is 29.4 Å². The molecule has 0 fully saturated rings. The van der Waals surface area contributed by atoms with Crippen LogP contribution in [-0.4, -0.2) is 25.7 Å². The summed E-state index contributed by atoms with van der Waals surface area (Å²) < 4.78 is 39.8. The van der Waals surface area contributed by atoms with Crippen molar-refractivity contribution in [2.75, 3.05) is 0 Å². The van der Waals surface area contributed by atoms with Crippen molar-refractivity contribution < 1.29 is 18.0 Å². The van der Waals surface area contributed by atoms with Gasteiger partial charge in [0.25, 0.3) is 5.91 Å². The van der Waals surface area contributed by atoms with Crippen molar-refractivity contribution in [3.05, 3.63) is 47.5 Å². The lowest BCUT2D eigenvalue weighted by atomic mass is 10.2. The molecule has 0 unspecified atom stereocenters. The summed E-state index contributed by atoms with van der Waals surface area (Å²) in [4.78, 5) is 19.6. The van der Waals surface area contributed by atoms with E-state index in [1.807, 2.05) is 18.2 Å². The summed E-state index contributed by atoms with van der Waals surface area (Å²) in [5.74, 6) is -0.398. The predicted octanol–water partition coefficient (Wildman–Crippen LogP) is 2.81. The number of para-hydroxylation sites is 2. The molecule has 0 spiro atoms. The van der Waals surface area contributed by atoms with Crippen LogP contribution in [0.3, 0.4) is 0 Å². The van der Waals surface area contributed by atoms with Crippen LogP contribution in [0.2, 0.25) is 0 Å². The Morgan fingerprint density at radius 3 is 2.71 bits per heavy atom. The monoisotopic (exact) mass is 337 g/mol. The van der Waals surface area contributed by atoms with E-state index >= 15 is 0 Å². The van der Waals surface area contributed by atoms with E-state index in [1.54, 1.807) is 13.0 Å². The maximum atomic E-state index is 12.9. The van der Waals surface area contributed by atoms with Crippen LogP contribution < -0.4 is 5.32 Å². The van der Waals surface area contributed by atoms with Crippen molar-refractivity contribution in [3.63, 3.8) is 0 Å². The van der Waals surface area contributed by atoms with E-state index in [4.69, 9.17) is 0 Å². The van der Waals surface area contributed by atoms with Crippen LogP contribution >= 0.6 is 0 Å². The van der Waals surface area contributed by atoms with Gasteiger partial charge in [-0.1, -0.05) is 12.1 Å². The molecule has 9 heteroatoms. The summed E-state index contributed by atoms with van der Waals surface area (Å²) in [7, 11) is 1.33. The Balaban J connectivity index is 1.84. The topological polar surface area (TPSA) is 75.6 Å². The van der Waals surface area contributed by atoms with Gasteiger partial charge in [-0.25, -0.2) is 4.98 Å². The molecule has 2 N–H and O–H groups in total. The molecule has 24 heavy (non-hydrogen) atoms. The number of nitrogens with zero attached hydrogens (tertiary/aromatic N) is 3. The molecule has 0 bridgehead atoms. The van der Waals surface area contributed by atoms with Crippen LogP contribution in [0.1, 0.15) is 34.8 Å². The first-order chi connectivity index (χ1) is 11.3. The van der Waals surface area contributed by atoms with Crippen LogP contribution in [0, 0.1) is 0 Å². The third-order valence-corrected chi connectivity index (χ3v) is 3.51. The van der Waals surface area contributed by atoms with Gasteiger partial charge in [-0.05, 0) is 19.1 Å². The second-order valence-electron chi connectivity index (χ2n) is 5.40. The van der Waals surface area contributed by atoms with Gasteiger partial charge in [0.1, 0.15) is 5.82 Å². The number of amides is 1. The largest absolute Gasteiger partial charge is 0.435 e. The van der Waals surface area contributed by atoms with E-state index in [1.165, 1.54) is 7.05 Å². The van der Waals surface area contributed by atoms with Gasteiger partial charge in [0.2, 0.25) is 0 Å². The lowest BCUT2D eigenvalue weighted by molar-refractivity contribution is -0.141. The maximum absolute atomic E-state index is 12.9. The summed E-state index contributed by atoms with van der Waals surface area (Å²) in [5, 5.41) is 5.84. The molecule has 0 aliphatic heterocycles. The third-order valence-electron chi connectivity index (χ3n) is 3.51. The SMILES string of the molecule is C[C@H](NC(=O)c1cn(C)nc1C(F)(F)F)c1nc2ccccc2[nH]1. The number of hydrogen-bond acceptors (Lipinski definition) is 3. The second-order valence-corrected chi connectivity index (χ2v) is 5.40. The van der Waals surface area contributed by atoms with E-state index in [-0.39, 0.29) is 0 Å². The average molecular weight is 337 g/mol. The Kier molecular flexibility index (Phi) is 3.78. The van der Waals surface area contributed by atoms with Gasteiger partial charge in [0.15, 0.2) is 5.69 Å². The van der Waals surface area contributed by atoms with Crippen molar-refractivity contribution in [1.29, 1.82) is 0 Å². The third kappa shape index (κ3) is 2.97. The maximum Gasteiger partial charge on any atom is 0.435 e. The number of aryl methyl sites for hydroxylation is 1. The minimum absolute atomic E-state index is 0.460. The summed E-state index contributed by atoms with van der Waals surface area (Å²) in [6.45, 7) is 1.64. The standard InChI is InChI=1S/C15H14F3N5O/c1-8(13-20-10-5-3-4-6-11(10)21-13)19-14(24)9-7-23(2)22-12(9)15(16,17)18/h3-8H,1-2H3,(H,19,24)(H,20,21)/t8-/m0/s1. The molecule has 0 aliphatic carbocycles. The number of halogens is 3. The van der Waals surface area contributed by atoms with Crippen molar-refractivity contribution >= 4 is 16.9 Å². The molecule has 126 valence electrons. The molecule has 0 radical (unpaired) electrons. The van der Waals surface area contributed by atoms with E-state index in [0.29, 0.717) is 11.3 Å². The van der Waals surface area contributed by atoms with Gasteiger partial charge in [-0.15, -0.1) is 0 Å². The van der Waals surface area contributed by atoms with Crippen molar-refractivity contribution in [3.8, 4) is 0 Å². The predicted molar refractivity (Wildman–Crippen MR) is 80.2 cm³/mol. The first-order valence-corrected chi connectivity index (χ1v) is 7.12. The van der Waals surface area contributed by atoms with E-state index in [0.717, 1.165) is 16.4 Å². The van der Waals surface area contributed by atoms with Crippen molar-refractivity contribution in [2.24, 2.45) is 7.05 Å². The van der Waals surface area contributed by atoms with Crippen LogP contribution in [-0.2, 0) is 13.2 Å². The number of carbonyl (C=O) groups is 1. The van der Waals surface area contributed by atoms with Gasteiger partial charge in [-0.3, -0.25) is 9.48 Å². The van der Waals surface area contributed by atoms with Gasteiger partial charge in [-0.2, -0.15) is 18.3 Å². The zero-order valence-corrected chi connectivity index (χ0v) is 12.8. The molecule has 1 aromatic carbocycles. The van der Waals surface area contributed by atoms with Gasteiger partial charge < -0.3 is 10.3 Å². The normalized spacial score (nSPS) is 13.2. The van der Waals surface area contributed by atoms with Crippen LogP contribution in [0.25, 0.3) is 11.0 Å². The average Bonchev–Trinajstić information content (AvgIpc) is 3.09. The smallest absolute Gasteiger partial charge is 0.342 e. The second kappa shape index (κ2) is 5.66. The summed E-state index contributed by atoms with van der Waals surface area (Å²) >= 11 is 0. The highest BCUT2D eigenvalue weighted by molar-refractivity contribution is 5.95. The highest BCUT2D eigenvalue weighted by atomic mass is 19.4. The molecule has 1 amide bonds. The number of H-pyrrole nitrogens is 1. The van der Waals surface area contributed by atoms with E-state index in [2.05, 4.69) is 20.4 Å². The molecule has 2 aromatic heterocycles. The van der Waals surface area contributed by atoms with Gasteiger partial charge in [0.05, 0.1) is 22.6 Å². The number of aromatic nitrogens is 4. The first-order valence-electron chi connectivity index (χ1n) is 7.12. The highest BCUT2D eigenvalue weighted by Crippen LogP contribution is 2.30. The molecule has 1 atom stereocenters. The summed E-state index contributed by atoms with van der Waals surface area (Å²) in [6, 6.07) is 6.68. The molecule has 0 saturated heterocycles. The van der Waals surface area contributed by atoms with Crippen molar-refractivity contribution in [2.45, 2.75) is 19.1 Å². The number of benzene rings is 1. The Morgan fingerprint density at radius 1 is 1.33 bits per heavy atom. The Hall–Kier alpha value is -2.84. The van der Waals surface area contributed by atoms with Gasteiger partial charge in [0, 0.05) is 13.2 Å². The fraction of sp³-hybridized carbons (Fsp3) is 0.267.